The van der Waals surface area contributed by atoms with Gasteiger partial charge in [0, 0.05) is 25.9 Å². The van der Waals surface area contributed by atoms with Gasteiger partial charge in [-0.05, 0) is 36.8 Å². The summed E-state index contributed by atoms with van der Waals surface area (Å²) in [6.45, 7) is 2.04. The van der Waals surface area contributed by atoms with Crippen molar-refractivity contribution < 1.29 is 4.79 Å². The summed E-state index contributed by atoms with van der Waals surface area (Å²) in [5, 5.41) is 0. The molecule has 4 heteroatoms. The van der Waals surface area contributed by atoms with Crippen LogP contribution in [0.1, 0.15) is 24.9 Å². The first-order valence-corrected chi connectivity index (χ1v) is 7.19. The van der Waals surface area contributed by atoms with Crippen molar-refractivity contribution in [2.24, 2.45) is 0 Å². The molecule has 4 nitrogen and oxygen atoms in total. The molecule has 0 N–H and O–H groups in total. The SMILES string of the molecule is CN1C(=O)[C@]2(C)CC(c3ccncc3)N2c2ccccc21. The fourth-order valence-corrected chi connectivity index (χ4v) is 3.70. The van der Waals surface area contributed by atoms with E-state index >= 15 is 0 Å². The summed E-state index contributed by atoms with van der Waals surface area (Å²) in [5.74, 6) is 0.173. The van der Waals surface area contributed by atoms with Gasteiger partial charge in [-0.25, -0.2) is 0 Å². The quantitative estimate of drug-likeness (QED) is 0.805. The Balaban J connectivity index is 1.85. The van der Waals surface area contributed by atoms with Gasteiger partial charge in [0.15, 0.2) is 0 Å². The third kappa shape index (κ3) is 1.50. The maximum absolute atomic E-state index is 12.7. The Morgan fingerprint density at radius 3 is 2.52 bits per heavy atom. The van der Waals surface area contributed by atoms with Crippen molar-refractivity contribution in [1.29, 1.82) is 0 Å². The second-order valence-electron chi connectivity index (χ2n) is 6.00. The molecule has 1 aromatic heterocycles. The number of pyridine rings is 1. The molecule has 0 bridgehead atoms. The van der Waals surface area contributed by atoms with Gasteiger partial charge in [0.1, 0.15) is 5.54 Å². The largest absolute Gasteiger partial charge is 0.348 e. The summed E-state index contributed by atoms with van der Waals surface area (Å²) >= 11 is 0. The van der Waals surface area contributed by atoms with Gasteiger partial charge in [-0.3, -0.25) is 9.78 Å². The number of para-hydroxylation sites is 2. The van der Waals surface area contributed by atoms with Gasteiger partial charge in [0.05, 0.1) is 17.4 Å². The first-order valence-electron chi connectivity index (χ1n) is 7.19. The second kappa shape index (κ2) is 4.07. The number of benzene rings is 1. The van der Waals surface area contributed by atoms with Gasteiger partial charge >= 0.3 is 0 Å². The maximum Gasteiger partial charge on any atom is 0.252 e. The number of nitrogens with zero attached hydrogens (tertiary/aromatic N) is 3. The molecule has 0 radical (unpaired) electrons. The molecule has 2 aliphatic rings. The molecule has 0 aliphatic carbocycles. The number of hydrogen-bond acceptors (Lipinski definition) is 3. The zero-order valence-electron chi connectivity index (χ0n) is 12.2. The molecule has 21 heavy (non-hydrogen) atoms. The van der Waals surface area contributed by atoms with Crippen LogP contribution < -0.4 is 9.80 Å². The van der Waals surface area contributed by atoms with E-state index in [9.17, 15) is 4.79 Å². The molecule has 2 aliphatic heterocycles. The van der Waals surface area contributed by atoms with E-state index in [0.29, 0.717) is 0 Å². The normalized spacial score (nSPS) is 27.0. The van der Waals surface area contributed by atoms with Crippen molar-refractivity contribution in [2.75, 3.05) is 16.8 Å². The first-order chi connectivity index (χ1) is 10.1. The summed E-state index contributed by atoms with van der Waals surface area (Å²) in [7, 11) is 1.86. The molecule has 106 valence electrons. The van der Waals surface area contributed by atoms with Crippen LogP contribution in [-0.4, -0.2) is 23.5 Å². The predicted molar refractivity (Wildman–Crippen MR) is 82.3 cm³/mol. The van der Waals surface area contributed by atoms with E-state index in [1.807, 2.05) is 56.7 Å². The van der Waals surface area contributed by atoms with Crippen LogP contribution in [0.4, 0.5) is 11.4 Å². The Bertz CT molecular complexity index is 715. The van der Waals surface area contributed by atoms with Crippen LogP contribution in [-0.2, 0) is 4.79 Å². The molecule has 1 amide bonds. The number of anilines is 2. The molecule has 0 saturated carbocycles. The van der Waals surface area contributed by atoms with E-state index in [4.69, 9.17) is 0 Å². The van der Waals surface area contributed by atoms with Crippen LogP contribution in [0.3, 0.4) is 0 Å². The number of rotatable bonds is 1. The van der Waals surface area contributed by atoms with E-state index in [1.165, 1.54) is 5.56 Å². The lowest BCUT2D eigenvalue weighted by molar-refractivity contribution is -0.126. The predicted octanol–water partition coefficient (Wildman–Crippen LogP) is 2.77. The van der Waals surface area contributed by atoms with Crippen molar-refractivity contribution in [3.05, 3.63) is 54.4 Å². The monoisotopic (exact) mass is 279 g/mol. The fraction of sp³-hybridized carbons (Fsp3) is 0.294. The van der Waals surface area contributed by atoms with E-state index in [0.717, 1.165) is 17.8 Å². The highest BCUT2D eigenvalue weighted by Crippen LogP contribution is 2.55. The van der Waals surface area contributed by atoms with E-state index in [1.54, 1.807) is 4.90 Å². The van der Waals surface area contributed by atoms with Crippen LogP contribution in [0.25, 0.3) is 0 Å². The molecule has 0 spiro atoms. The summed E-state index contributed by atoms with van der Waals surface area (Å²) in [5.41, 5.74) is 2.90. The van der Waals surface area contributed by atoms with Gasteiger partial charge in [0.2, 0.25) is 0 Å². The average molecular weight is 279 g/mol. The minimum absolute atomic E-state index is 0.173. The summed E-state index contributed by atoms with van der Waals surface area (Å²) in [6.07, 6.45) is 4.47. The molecule has 1 unspecified atom stereocenters. The smallest absolute Gasteiger partial charge is 0.252 e. The number of aromatic nitrogens is 1. The van der Waals surface area contributed by atoms with Gasteiger partial charge in [-0.2, -0.15) is 0 Å². The lowest BCUT2D eigenvalue weighted by Gasteiger charge is -2.61. The van der Waals surface area contributed by atoms with Crippen molar-refractivity contribution in [2.45, 2.75) is 24.9 Å². The minimum Gasteiger partial charge on any atom is -0.348 e. The van der Waals surface area contributed by atoms with Crippen molar-refractivity contribution >= 4 is 17.3 Å². The summed E-state index contributed by atoms with van der Waals surface area (Å²) in [6, 6.07) is 12.4. The Labute approximate surface area is 124 Å². The maximum atomic E-state index is 12.7. The average Bonchev–Trinajstić information content (AvgIpc) is 2.51. The van der Waals surface area contributed by atoms with Gasteiger partial charge in [-0.15, -0.1) is 0 Å². The van der Waals surface area contributed by atoms with Gasteiger partial charge in [0.25, 0.3) is 5.91 Å². The fourth-order valence-electron chi connectivity index (χ4n) is 3.70. The third-order valence-electron chi connectivity index (χ3n) is 4.79. The van der Waals surface area contributed by atoms with Crippen molar-refractivity contribution in [3.8, 4) is 0 Å². The molecule has 2 aromatic rings. The summed E-state index contributed by atoms with van der Waals surface area (Å²) in [4.78, 5) is 20.9. The first kappa shape index (κ1) is 12.4. The standard InChI is InChI=1S/C17H17N3O/c1-17-11-15(12-7-9-18-10-8-12)20(17)14-6-4-3-5-13(14)19(2)16(17)21/h3-10,15H,11H2,1-2H3/t15?,17-/m0/s1. The molecule has 1 fully saturated rings. The van der Waals surface area contributed by atoms with Crippen molar-refractivity contribution in [1.82, 2.24) is 4.98 Å². The Kier molecular flexibility index (Phi) is 2.40. The van der Waals surface area contributed by atoms with Crippen LogP contribution in [0, 0.1) is 0 Å². The number of likely N-dealkylation sites (N-methyl/N-ethyl adjacent to an activating group) is 1. The molecule has 1 aromatic carbocycles. The molecule has 3 heterocycles. The molecular formula is C17H17N3O. The number of fused-ring (bicyclic) bond motifs is 3. The second-order valence-corrected chi connectivity index (χ2v) is 6.00. The van der Waals surface area contributed by atoms with Crippen LogP contribution in [0.2, 0.25) is 0 Å². The molecule has 1 saturated heterocycles. The van der Waals surface area contributed by atoms with E-state index in [2.05, 4.69) is 16.0 Å². The molecular weight excluding hydrogens is 262 g/mol. The van der Waals surface area contributed by atoms with E-state index in [-0.39, 0.29) is 11.9 Å². The third-order valence-corrected chi connectivity index (χ3v) is 4.79. The van der Waals surface area contributed by atoms with Crippen LogP contribution >= 0.6 is 0 Å². The molecule has 4 rings (SSSR count). The Morgan fingerprint density at radius 2 is 1.81 bits per heavy atom. The topological polar surface area (TPSA) is 36.4 Å². The highest BCUT2D eigenvalue weighted by atomic mass is 16.2. The number of hydrogen-bond donors (Lipinski definition) is 0. The van der Waals surface area contributed by atoms with Gasteiger partial charge in [-0.1, -0.05) is 12.1 Å². The van der Waals surface area contributed by atoms with E-state index < -0.39 is 5.54 Å². The minimum atomic E-state index is -0.433. The van der Waals surface area contributed by atoms with Crippen molar-refractivity contribution in [3.63, 3.8) is 0 Å². The zero-order chi connectivity index (χ0) is 14.6. The lowest BCUT2D eigenvalue weighted by atomic mass is 9.73. The molecule has 2 atom stereocenters. The van der Waals surface area contributed by atoms with Gasteiger partial charge < -0.3 is 9.80 Å². The zero-order valence-corrected chi connectivity index (χ0v) is 12.2. The summed E-state index contributed by atoms with van der Waals surface area (Å²) < 4.78 is 0. The number of carbonyl (C=O) groups excluding carboxylic acids is 1. The van der Waals surface area contributed by atoms with Crippen LogP contribution in [0.5, 0.6) is 0 Å². The number of amides is 1. The Morgan fingerprint density at radius 1 is 1.14 bits per heavy atom. The number of carbonyl (C=O) groups is 1. The Hall–Kier alpha value is -2.36. The highest BCUT2D eigenvalue weighted by Gasteiger charge is 2.58. The highest BCUT2D eigenvalue weighted by molar-refractivity contribution is 6.09. The lowest BCUT2D eigenvalue weighted by Crippen LogP contribution is -2.70. The van der Waals surface area contributed by atoms with Crippen LogP contribution in [0.15, 0.2) is 48.8 Å².